The maximum atomic E-state index is 10.1. The van der Waals surface area contributed by atoms with Gasteiger partial charge in [0.05, 0.1) is 11.0 Å². The molecular weight excluding hydrogens is 178 g/mol. The van der Waals surface area contributed by atoms with Crippen molar-refractivity contribution in [1.82, 2.24) is 0 Å². The molecule has 0 rings (SSSR count). The normalized spacial score (nSPS) is 14.0. The van der Waals surface area contributed by atoms with Crippen molar-refractivity contribution >= 4 is 26.9 Å². The molecule has 0 radical (unpaired) electrons. The van der Waals surface area contributed by atoms with Crippen LogP contribution in [0.15, 0.2) is 0 Å². The Kier molecular flexibility index (Phi) is 5.14. The van der Waals surface area contributed by atoms with E-state index in [0.29, 0.717) is 5.75 Å². The summed E-state index contributed by atoms with van der Waals surface area (Å²) in [6.07, 6.45) is 0.892. The molecule has 0 aliphatic heterocycles. The van der Waals surface area contributed by atoms with Gasteiger partial charge in [-0.1, -0.05) is 15.9 Å². The predicted octanol–water partition coefficient (Wildman–Crippen LogP) is 0.394. The van der Waals surface area contributed by atoms with E-state index in [9.17, 15) is 4.21 Å². The second-order valence-corrected chi connectivity index (χ2v) is 3.09. The van der Waals surface area contributed by atoms with Crippen molar-refractivity contribution in [3.8, 4) is 0 Å². The quantitative estimate of drug-likeness (QED) is 0.636. The standard InChI is InChI=1S/C3H8BrNOS/c4-2-1-3-7(5)6/h1-3,5H2. The maximum absolute atomic E-state index is 10.1. The number of rotatable bonds is 3. The summed E-state index contributed by atoms with van der Waals surface area (Å²) in [5.41, 5.74) is 0. The van der Waals surface area contributed by atoms with Crippen LogP contribution in [-0.2, 0) is 11.0 Å². The minimum absolute atomic E-state index is 0.602. The van der Waals surface area contributed by atoms with Gasteiger partial charge in [0.25, 0.3) is 0 Å². The molecule has 7 heavy (non-hydrogen) atoms. The first-order valence-electron chi connectivity index (χ1n) is 1.96. The van der Waals surface area contributed by atoms with Crippen LogP contribution < -0.4 is 5.14 Å². The van der Waals surface area contributed by atoms with Gasteiger partial charge in [0.1, 0.15) is 0 Å². The summed E-state index contributed by atoms with van der Waals surface area (Å²) >= 11 is 3.19. The molecule has 0 aliphatic rings. The zero-order valence-corrected chi connectivity index (χ0v) is 6.30. The molecule has 0 fully saturated rings. The van der Waals surface area contributed by atoms with E-state index in [4.69, 9.17) is 5.14 Å². The molecule has 44 valence electrons. The van der Waals surface area contributed by atoms with Gasteiger partial charge in [-0.3, -0.25) is 5.14 Å². The predicted molar refractivity (Wildman–Crippen MR) is 35.6 cm³/mol. The van der Waals surface area contributed by atoms with Gasteiger partial charge in [0.15, 0.2) is 0 Å². The van der Waals surface area contributed by atoms with Gasteiger partial charge in [-0.05, 0) is 6.42 Å². The van der Waals surface area contributed by atoms with Gasteiger partial charge in [-0.2, -0.15) is 0 Å². The smallest absolute Gasteiger partial charge is 0.0888 e. The first-order valence-corrected chi connectivity index (χ1v) is 4.46. The molecular formula is C3H8BrNOS. The summed E-state index contributed by atoms with van der Waals surface area (Å²) in [6, 6.07) is 0. The fourth-order valence-corrected chi connectivity index (χ4v) is 1.28. The summed E-state index contributed by atoms with van der Waals surface area (Å²) in [4.78, 5) is 0. The highest BCUT2D eigenvalue weighted by Crippen LogP contribution is 1.86. The monoisotopic (exact) mass is 185 g/mol. The largest absolute Gasteiger partial charge is 0.252 e. The van der Waals surface area contributed by atoms with Crippen molar-refractivity contribution in [3.05, 3.63) is 0 Å². The SMILES string of the molecule is NS(=O)CCCBr. The lowest BCUT2D eigenvalue weighted by molar-refractivity contribution is 0.683. The van der Waals surface area contributed by atoms with Crippen LogP contribution in [0, 0.1) is 0 Å². The molecule has 0 aromatic rings. The van der Waals surface area contributed by atoms with Gasteiger partial charge in [-0.15, -0.1) is 0 Å². The van der Waals surface area contributed by atoms with Gasteiger partial charge < -0.3 is 0 Å². The Balaban J connectivity index is 2.82. The average Bonchev–Trinajstić information content (AvgIpc) is 1.61. The van der Waals surface area contributed by atoms with Gasteiger partial charge in [0.2, 0.25) is 0 Å². The van der Waals surface area contributed by atoms with E-state index < -0.39 is 11.0 Å². The molecule has 0 bridgehead atoms. The molecule has 2 nitrogen and oxygen atoms in total. The Morgan fingerprint density at radius 3 is 2.43 bits per heavy atom. The van der Waals surface area contributed by atoms with E-state index in [0.717, 1.165) is 11.8 Å². The van der Waals surface area contributed by atoms with Crippen LogP contribution in [0.3, 0.4) is 0 Å². The number of hydrogen-bond donors (Lipinski definition) is 1. The zero-order valence-electron chi connectivity index (χ0n) is 3.89. The summed E-state index contributed by atoms with van der Waals surface area (Å²) < 4.78 is 10.1. The highest BCUT2D eigenvalue weighted by Gasteiger charge is 1.86. The molecule has 0 heterocycles. The zero-order chi connectivity index (χ0) is 5.70. The van der Waals surface area contributed by atoms with E-state index in [-0.39, 0.29) is 0 Å². The molecule has 2 N–H and O–H groups in total. The molecule has 1 unspecified atom stereocenters. The highest BCUT2D eigenvalue weighted by molar-refractivity contribution is 9.09. The fourth-order valence-electron chi connectivity index (χ4n) is 0.197. The van der Waals surface area contributed by atoms with E-state index >= 15 is 0 Å². The van der Waals surface area contributed by atoms with Crippen LogP contribution >= 0.6 is 15.9 Å². The third-order valence-corrected chi connectivity index (χ3v) is 1.73. The second kappa shape index (κ2) is 4.74. The van der Waals surface area contributed by atoms with Crippen molar-refractivity contribution in [3.63, 3.8) is 0 Å². The van der Waals surface area contributed by atoms with Crippen LogP contribution in [0.4, 0.5) is 0 Å². The minimum Gasteiger partial charge on any atom is -0.252 e. The lowest BCUT2D eigenvalue weighted by Crippen LogP contribution is -2.07. The summed E-state index contributed by atoms with van der Waals surface area (Å²) in [7, 11) is -1.10. The molecule has 0 aromatic carbocycles. The Hall–Kier alpha value is 0.590. The van der Waals surface area contributed by atoms with E-state index in [1.807, 2.05) is 0 Å². The van der Waals surface area contributed by atoms with Gasteiger partial charge >= 0.3 is 0 Å². The molecule has 0 saturated heterocycles. The van der Waals surface area contributed by atoms with Crippen LogP contribution in [0.25, 0.3) is 0 Å². The Morgan fingerprint density at radius 1 is 1.71 bits per heavy atom. The average molecular weight is 186 g/mol. The molecule has 0 saturated carbocycles. The first kappa shape index (κ1) is 7.59. The molecule has 0 aliphatic carbocycles. The molecule has 0 amide bonds. The van der Waals surface area contributed by atoms with Crippen LogP contribution in [-0.4, -0.2) is 15.3 Å². The third kappa shape index (κ3) is 6.59. The van der Waals surface area contributed by atoms with Gasteiger partial charge in [0, 0.05) is 11.1 Å². The number of halogens is 1. The minimum atomic E-state index is -1.10. The Morgan fingerprint density at radius 2 is 2.29 bits per heavy atom. The number of hydrogen-bond acceptors (Lipinski definition) is 1. The summed E-state index contributed by atoms with van der Waals surface area (Å²) in [5.74, 6) is 0.602. The Labute approximate surface area is 54.2 Å². The number of nitrogens with two attached hydrogens (primary N) is 1. The second-order valence-electron chi connectivity index (χ2n) is 1.13. The first-order chi connectivity index (χ1) is 3.27. The lowest BCUT2D eigenvalue weighted by Gasteiger charge is -1.87. The molecule has 0 spiro atoms. The molecule has 0 aromatic heterocycles. The van der Waals surface area contributed by atoms with Crippen molar-refractivity contribution in [2.75, 3.05) is 11.1 Å². The maximum Gasteiger partial charge on any atom is 0.0888 e. The van der Waals surface area contributed by atoms with Crippen molar-refractivity contribution in [2.45, 2.75) is 6.42 Å². The summed E-state index contributed by atoms with van der Waals surface area (Å²) in [6.45, 7) is 0. The highest BCUT2D eigenvalue weighted by atomic mass is 79.9. The van der Waals surface area contributed by atoms with Gasteiger partial charge in [-0.25, -0.2) is 4.21 Å². The van der Waals surface area contributed by atoms with Crippen molar-refractivity contribution < 1.29 is 4.21 Å². The Bertz CT molecular complexity index is 68.0. The van der Waals surface area contributed by atoms with Crippen molar-refractivity contribution in [1.29, 1.82) is 0 Å². The van der Waals surface area contributed by atoms with E-state index in [1.165, 1.54) is 0 Å². The van der Waals surface area contributed by atoms with Crippen LogP contribution in [0.5, 0.6) is 0 Å². The lowest BCUT2D eigenvalue weighted by atomic mass is 10.6. The summed E-state index contributed by atoms with van der Waals surface area (Å²) in [5, 5.41) is 5.81. The van der Waals surface area contributed by atoms with Crippen LogP contribution in [0.2, 0.25) is 0 Å². The van der Waals surface area contributed by atoms with Crippen LogP contribution in [0.1, 0.15) is 6.42 Å². The molecule has 4 heteroatoms. The van der Waals surface area contributed by atoms with E-state index in [1.54, 1.807) is 0 Å². The van der Waals surface area contributed by atoms with Crippen molar-refractivity contribution in [2.24, 2.45) is 5.14 Å². The van der Waals surface area contributed by atoms with E-state index in [2.05, 4.69) is 15.9 Å². The molecule has 1 atom stereocenters. The topological polar surface area (TPSA) is 43.1 Å². The number of alkyl halides is 1. The third-order valence-electron chi connectivity index (χ3n) is 0.479. The fraction of sp³-hybridized carbons (Fsp3) is 1.00.